The summed E-state index contributed by atoms with van der Waals surface area (Å²) in [6.07, 6.45) is 7.27. The molecule has 2 aliphatic carbocycles. The van der Waals surface area contributed by atoms with Crippen molar-refractivity contribution in [1.29, 1.82) is 0 Å². The Morgan fingerprint density at radius 3 is 2.58 bits per heavy atom. The second-order valence-electron chi connectivity index (χ2n) is 15.5. The first-order valence-electron chi connectivity index (χ1n) is 18.7. The van der Waals surface area contributed by atoms with E-state index in [9.17, 15) is 22.8 Å². The van der Waals surface area contributed by atoms with Gasteiger partial charge in [0.2, 0.25) is 15.9 Å². The third-order valence-electron chi connectivity index (χ3n) is 11.2. The molecule has 0 radical (unpaired) electrons. The van der Waals surface area contributed by atoms with Gasteiger partial charge in [0.1, 0.15) is 17.6 Å². The number of pyridine rings is 2. The first-order chi connectivity index (χ1) is 25.3. The Balaban J connectivity index is 1.22. The van der Waals surface area contributed by atoms with Gasteiger partial charge in [0.15, 0.2) is 5.78 Å². The average Bonchev–Trinajstić information content (AvgIpc) is 4.06. The number of fused-ring (bicyclic) bond motifs is 3. The van der Waals surface area contributed by atoms with E-state index in [0.717, 1.165) is 35.9 Å². The maximum absolute atomic E-state index is 14.4. The van der Waals surface area contributed by atoms with Gasteiger partial charge >= 0.3 is 6.03 Å². The molecule has 4 aliphatic rings. The molecule has 1 aromatic carbocycles. The van der Waals surface area contributed by atoms with Gasteiger partial charge in [-0.2, -0.15) is 0 Å². The number of aromatic nitrogens is 2. The number of hydrogen-bond donors (Lipinski definition) is 1. The first kappa shape index (κ1) is 36.8. The van der Waals surface area contributed by atoms with Crippen LogP contribution in [0.15, 0.2) is 48.6 Å². The van der Waals surface area contributed by atoms with Crippen molar-refractivity contribution in [2.45, 2.75) is 95.5 Å². The Morgan fingerprint density at radius 2 is 1.85 bits per heavy atom. The molecular weight excluding hydrogens is 695 g/mol. The Hall–Kier alpha value is -4.52. The Labute approximate surface area is 311 Å². The van der Waals surface area contributed by atoms with Gasteiger partial charge in [0.05, 0.1) is 47.3 Å². The van der Waals surface area contributed by atoms with Crippen molar-refractivity contribution in [3.05, 3.63) is 59.8 Å². The molecule has 53 heavy (non-hydrogen) atoms. The van der Waals surface area contributed by atoms with E-state index in [1.54, 1.807) is 24.0 Å². The number of nitrogens with zero attached hydrogens (tertiary/aromatic N) is 4. The molecule has 7 rings (SSSR count). The minimum absolute atomic E-state index is 0.160. The number of allylic oxidation sites excluding steroid dienone is 2. The summed E-state index contributed by atoms with van der Waals surface area (Å²) in [7, 11) is -0.444. The lowest BCUT2D eigenvalue weighted by Gasteiger charge is -2.29. The predicted octanol–water partition coefficient (Wildman–Crippen LogP) is 5.92. The number of ketones is 1. The van der Waals surface area contributed by atoms with Gasteiger partial charge in [-0.15, -0.1) is 0 Å². The van der Waals surface area contributed by atoms with E-state index in [-0.39, 0.29) is 43.0 Å². The maximum Gasteiger partial charge on any atom is 0.320 e. The van der Waals surface area contributed by atoms with Crippen LogP contribution < -0.4 is 14.2 Å². The molecule has 1 saturated heterocycles. The van der Waals surface area contributed by atoms with Crippen LogP contribution in [-0.4, -0.2) is 90.5 Å². The van der Waals surface area contributed by atoms with E-state index in [2.05, 4.69) is 18.6 Å². The second kappa shape index (κ2) is 14.4. The Bertz CT molecular complexity index is 2080. The maximum atomic E-state index is 14.4. The number of aryl methyl sites for hydroxylation is 1. The molecular formula is C40H49N5O7S. The lowest BCUT2D eigenvalue weighted by atomic mass is 9.91. The summed E-state index contributed by atoms with van der Waals surface area (Å²) < 4.78 is 40.3. The zero-order valence-corrected chi connectivity index (χ0v) is 31.9. The molecule has 1 N–H and O–H groups in total. The Morgan fingerprint density at radius 1 is 1.06 bits per heavy atom. The van der Waals surface area contributed by atoms with E-state index in [0.29, 0.717) is 54.2 Å². The van der Waals surface area contributed by atoms with Gasteiger partial charge < -0.3 is 19.3 Å². The number of carbonyl (C=O) groups is 3. The largest absolute Gasteiger partial charge is 0.496 e. The number of sulfonamides is 1. The monoisotopic (exact) mass is 743 g/mol. The van der Waals surface area contributed by atoms with Crippen LogP contribution in [0.3, 0.4) is 0 Å². The molecule has 282 valence electrons. The number of Topliss-reactive ketones (excluding diaryl/α,β-unsaturated/α-hetero) is 1. The fourth-order valence-corrected chi connectivity index (χ4v) is 9.15. The van der Waals surface area contributed by atoms with E-state index in [1.807, 2.05) is 55.5 Å². The molecule has 0 unspecified atom stereocenters. The summed E-state index contributed by atoms with van der Waals surface area (Å²) in [5.74, 6) is 0.288. The highest BCUT2D eigenvalue weighted by Gasteiger charge is 2.61. The van der Waals surface area contributed by atoms with E-state index >= 15 is 0 Å². The van der Waals surface area contributed by atoms with E-state index < -0.39 is 38.7 Å². The Kier molecular flexibility index (Phi) is 9.99. The third-order valence-corrected chi connectivity index (χ3v) is 13.1. The summed E-state index contributed by atoms with van der Waals surface area (Å²) in [5, 5.41) is 0.195. The van der Waals surface area contributed by atoms with Crippen LogP contribution in [0.25, 0.3) is 22.3 Å². The van der Waals surface area contributed by atoms with Crippen molar-refractivity contribution in [2.75, 3.05) is 27.2 Å². The quantitative estimate of drug-likeness (QED) is 0.278. The fraction of sp³-hybridized carbons (Fsp3) is 0.525. The molecule has 13 heteroatoms. The van der Waals surface area contributed by atoms with E-state index in [1.165, 1.54) is 0 Å². The van der Waals surface area contributed by atoms with Gasteiger partial charge in [0.25, 0.3) is 0 Å². The molecule has 3 aromatic rings. The van der Waals surface area contributed by atoms with Crippen molar-refractivity contribution >= 4 is 38.6 Å². The number of methoxy groups -OCH3 is 1. The molecule has 3 amide bonds. The minimum atomic E-state index is -3.80. The van der Waals surface area contributed by atoms with Crippen LogP contribution in [0, 0.1) is 18.3 Å². The van der Waals surface area contributed by atoms with Crippen LogP contribution >= 0.6 is 0 Å². The zero-order chi connectivity index (χ0) is 37.7. The van der Waals surface area contributed by atoms with Gasteiger partial charge in [-0.25, -0.2) is 18.2 Å². The van der Waals surface area contributed by atoms with Crippen LogP contribution in [0.5, 0.6) is 11.5 Å². The van der Waals surface area contributed by atoms with Crippen molar-refractivity contribution in [1.82, 2.24) is 24.5 Å². The number of urea groups is 1. The molecule has 2 aromatic heterocycles. The number of amides is 3. The highest BCUT2D eigenvalue weighted by atomic mass is 32.2. The van der Waals surface area contributed by atoms with Crippen LogP contribution in [0.2, 0.25) is 0 Å². The summed E-state index contributed by atoms with van der Waals surface area (Å²) >= 11 is 0. The SMILES string of the molecule is COc1ccc2c(O[C@@H]3C[C@H]4C(=O)C[C@]5(C(=O)NS(=O)(=O)C6CC6)C[C@H]5/C=C\CCCCN(C)C(=O)N4C3)cc(-c3cccc(C(C)C)n3)nc2c1C. The number of benzene rings is 1. The predicted molar refractivity (Wildman–Crippen MR) is 201 cm³/mol. The van der Waals surface area contributed by atoms with Crippen LogP contribution in [0.1, 0.15) is 82.4 Å². The molecule has 4 atom stereocenters. The standard InChI is InChI=1S/C40H49N5O7S/c1-24(2)30-12-10-13-31(41-30)32-20-36(29-16-17-35(51-5)25(3)37(29)42-32)52-27-19-33-34(46)22-40(38(47)43-53(49,50)28-14-15-28)21-26(40)11-8-6-7-9-18-44(4)39(48)45(33)23-27/h8,10-13,16-17,20,24,26-28,33H,6-7,9,14-15,18-19,21-23H2,1-5H3,(H,43,47)/b11-8-/t26-,27-,33+,40-/m1/s1. The number of carbonyl (C=O) groups excluding carboxylic acids is 3. The molecule has 0 bridgehead atoms. The lowest BCUT2D eigenvalue weighted by Crippen LogP contribution is -2.48. The van der Waals surface area contributed by atoms with Crippen LogP contribution in [0.4, 0.5) is 4.79 Å². The molecule has 0 spiro atoms. The number of nitrogens with one attached hydrogen (secondary N) is 1. The lowest BCUT2D eigenvalue weighted by molar-refractivity contribution is -0.131. The summed E-state index contributed by atoms with van der Waals surface area (Å²) in [4.78, 5) is 55.2. The fourth-order valence-electron chi connectivity index (χ4n) is 7.76. The summed E-state index contributed by atoms with van der Waals surface area (Å²) in [6.45, 7) is 6.81. The topological polar surface area (TPSA) is 148 Å². The average molecular weight is 744 g/mol. The first-order valence-corrected chi connectivity index (χ1v) is 20.3. The number of ether oxygens (including phenoxy) is 2. The molecule has 3 fully saturated rings. The van der Waals surface area contributed by atoms with Gasteiger partial charge in [-0.3, -0.25) is 19.3 Å². The molecule has 4 heterocycles. The van der Waals surface area contributed by atoms with Crippen molar-refractivity contribution in [2.24, 2.45) is 11.3 Å². The molecule has 2 aliphatic heterocycles. The van der Waals surface area contributed by atoms with Crippen molar-refractivity contribution in [3.8, 4) is 22.9 Å². The van der Waals surface area contributed by atoms with Gasteiger partial charge in [0, 0.05) is 49.1 Å². The summed E-state index contributed by atoms with van der Waals surface area (Å²) in [6, 6.07) is 10.4. The second-order valence-corrected chi connectivity index (χ2v) is 17.4. The summed E-state index contributed by atoms with van der Waals surface area (Å²) in [5.41, 5.74) is 2.61. The number of hydrogen-bond acceptors (Lipinski definition) is 9. The third kappa shape index (κ3) is 7.36. The van der Waals surface area contributed by atoms with Gasteiger partial charge in [-0.05, 0) is 81.5 Å². The van der Waals surface area contributed by atoms with E-state index in [4.69, 9.17) is 19.4 Å². The highest BCUT2D eigenvalue weighted by Crippen LogP contribution is 2.57. The van der Waals surface area contributed by atoms with Crippen molar-refractivity contribution in [3.63, 3.8) is 0 Å². The molecule has 12 nitrogen and oxygen atoms in total. The highest BCUT2D eigenvalue weighted by molar-refractivity contribution is 7.90. The normalized spacial score (nSPS) is 25.8. The molecule has 2 saturated carbocycles. The zero-order valence-electron chi connectivity index (χ0n) is 31.1. The van der Waals surface area contributed by atoms with Crippen molar-refractivity contribution < 1.29 is 32.3 Å². The number of rotatable bonds is 8. The van der Waals surface area contributed by atoms with Gasteiger partial charge in [-0.1, -0.05) is 32.1 Å². The minimum Gasteiger partial charge on any atom is -0.496 e. The smallest absolute Gasteiger partial charge is 0.320 e. The van der Waals surface area contributed by atoms with Crippen LogP contribution in [-0.2, 0) is 19.6 Å².